The minimum Gasteiger partial charge on any atom is -0.399 e. The molecule has 2 aromatic carbocycles. The van der Waals surface area contributed by atoms with Crippen molar-refractivity contribution in [1.29, 1.82) is 0 Å². The zero-order chi connectivity index (χ0) is 13.9. The van der Waals surface area contributed by atoms with Crippen LogP contribution in [0.3, 0.4) is 0 Å². The van der Waals surface area contributed by atoms with Gasteiger partial charge in [-0.05, 0) is 29.3 Å². The minimum absolute atomic E-state index is 0.0652. The van der Waals surface area contributed by atoms with E-state index in [2.05, 4.69) is 0 Å². The van der Waals surface area contributed by atoms with Crippen molar-refractivity contribution in [3.8, 4) is 0 Å². The van der Waals surface area contributed by atoms with Crippen molar-refractivity contribution >= 4 is 15.5 Å². The van der Waals surface area contributed by atoms with Crippen molar-refractivity contribution < 1.29 is 12.8 Å². The first-order valence-corrected chi connectivity index (χ1v) is 7.56. The monoisotopic (exact) mass is 279 g/mol. The molecule has 19 heavy (non-hydrogen) atoms. The molecule has 0 amide bonds. The van der Waals surface area contributed by atoms with Gasteiger partial charge < -0.3 is 5.73 Å². The quantitative estimate of drug-likeness (QED) is 0.875. The zero-order valence-electron chi connectivity index (χ0n) is 10.2. The fourth-order valence-corrected chi connectivity index (χ4v) is 3.37. The molecule has 2 aromatic rings. The number of benzene rings is 2. The number of sulfone groups is 1. The summed E-state index contributed by atoms with van der Waals surface area (Å²) in [7, 11) is -3.34. The van der Waals surface area contributed by atoms with Crippen LogP contribution in [-0.4, -0.2) is 8.42 Å². The molecular formula is C14H14FNO2S. The molecule has 0 spiro atoms. The fourth-order valence-electron chi connectivity index (χ4n) is 1.89. The van der Waals surface area contributed by atoms with Gasteiger partial charge in [-0.3, -0.25) is 0 Å². The predicted molar refractivity (Wildman–Crippen MR) is 73.6 cm³/mol. The van der Waals surface area contributed by atoms with Crippen molar-refractivity contribution in [2.75, 3.05) is 5.73 Å². The Labute approximate surface area is 111 Å². The molecule has 0 atom stereocenters. The van der Waals surface area contributed by atoms with Crippen molar-refractivity contribution in [2.24, 2.45) is 0 Å². The number of halogens is 1. The standard InChI is InChI=1S/C14H14FNO2S/c15-13-6-12(7-14(16)8-13)10-19(17,18)9-11-4-2-1-3-5-11/h1-8H,9-10,16H2. The Morgan fingerprint density at radius 2 is 1.58 bits per heavy atom. The van der Waals surface area contributed by atoms with E-state index in [0.29, 0.717) is 11.1 Å². The summed E-state index contributed by atoms with van der Waals surface area (Å²) in [6, 6.07) is 12.7. The molecule has 3 nitrogen and oxygen atoms in total. The second kappa shape index (κ2) is 5.40. The molecule has 5 heteroatoms. The van der Waals surface area contributed by atoms with E-state index in [4.69, 9.17) is 5.73 Å². The van der Waals surface area contributed by atoms with E-state index in [1.54, 1.807) is 24.3 Å². The molecule has 0 radical (unpaired) electrons. The maximum absolute atomic E-state index is 13.2. The van der Waals surface area contributed by atoms with Gasteiger partial charge in [0.25, 0.3) is 0 Å². The van der Waals surface area contributed by atoms with E-state index < -0.39 is 15.7 Å². The maximum atomic E-state index is 13.2. The molecule has 0 unspecified atom stereocenters. The molecule has 0 bridgehead atoms. The topological polar surface area (TPSA) is 60.2 Å². The Balaban J connectivity index is 2.17. The highest BCUT2D eigenvalue weighted by atomic mass is 32.2. The van der Waals surface area contributed by atoms with Crippen LogP contribution in [0.4, 0.5) is 10.1 Å². The lowest BCUT2D eigenvalue weighted by Crippen LogP contribution is -2.08. The van der Waals surface area contributed by atoms with Gasteiger partial charge in [0, 0.05) is 5.69 Å². The normalized spacial score (nSPS) is 11.4. The summed E-state index contributed by atoms with van der Waals surface area (Å²) in [4.78, 5) is 0. The third-order valence-electron chi connectivity index (χ3n) is 2.60. The van der Waals surface area contributed by atoms with Crippen LogP contribution in [0.2, 0.25) is 0 Å². The van der Waals surface area contributed by atoms with Crippen LogP contribution in [0.25, 0.3) is 0 Å². The van der Waals surface area contributed by atoms with Crippen molar-refractivity contribution in [1.82, 2.24) is 0 Å². The molecule has 0 fully saturated rings. The lowest BCUT2D eigenvalue weighted by Gasteiger charge is -2.06. The third kappa shape index (κ3) is 4.06. The number of nitrogens with two attached hydrogens (primary N) is 1. The van der Waals surface area contributed by atoms with Gasteiger partial charge in [0.2, 0.25) is 0 Å². The SMILES string of the molecule is Nc1cc(F)cc(CS(=O)(=O)Cc2ccccc2)c1. The van der Waals surface area contributed by atoms with Gasteiger partial charge in [-0.15, -0.1) is 0 Å². The Morgan fingerprint density at radius 1 is 0.947 bits per heavy atom. The van der Waals surface area contributed by atoms with Crippen LogP contribution < -0.4 is 5.73 Å². The van der Waals surface area contributed by atoms with Crippen molar-refractivity contribution in [3.05, 3.63) is 65.5 Å². The molecule has 0 aliphatic rings. The van der Waals surface area contributed by atoms with Crippen LogP contribution in [0.15, 0.2) is 48.5 Å². The first-order chi connectivity index (χ1) is 8.94. The summed E-state index contributed by atoms with van der Waals surface area (Å²) < 4.78 is 37.2. The Bertz CT molecular complexity index is 649. The molecular weight excluding hydrogens is 265 g/mol. The first kappa shape index (κ1) is 13.5. The van der Waals surface area contributed by atoms with E-state index >= 15 is 0 Å². The van der Waals surface area contributed by atoms with Gasteiger partial charge in [-0.25, -0.2) is 12.8 Å². The second-order valence-corrected chi connectivity index (χ2v) is 6.48. The summed E-state index contributed by atoms with van der Waals surface area (Å²) in [5, 5.41) is 0. The highest BCUT2D eigenvalue weighted by molar-refractivity contribution is 7.89. The lowest BCUT2D eigenvalue weighted by molar-refractivity contribution is 0.594. The molecule has 0 aromatic heterocycles. The molecule has 100 valence electrons. The minimum atomic E-state index is -3.34. The van der Waals surface area contributed by atoms with E-state index in [-0.39, 0.29) is 17.2 Å². The van der Waals surface area contributed by atoms with Crippen LogP contribution in [0, 0.1) is 5.82 Å². The Hall–Kier alpha value is -1.88. The van der Waals surface area contributed by atoms with Gasteiger partial charge >= 0.3 is 0 Å². The molecule has 0 aliphatic heterocycles. The molecule has 0 heterocycles. The number of hydrogen-bond acceptors (Lipinski definition) is 3. The van der Waals surface area contributed by atoms with Crippen LogP contribution >= 0.6 is 0 Å². The summed E-state index contributed by atoms with van der Waals surface area (Å²) >= 11 is 0. The number of anilines is 1. The molecule has 0 saturated carbocycles. The summed E-state index contributed by atoms with van der Waals surface area (Å²) in [5.74, 6) is -0.807. The van der Waals surface area contributed by atoms with Crippen molar-refractivity contribution in [2.45, 2.75) is 11.5 Å². The van der Waals surface area contributed by atoms with E-state index in [0.717, 1.165) is 6.07 Å². The first-order valence-electron chi connectivity index (χ1n) is 5.74. The average molecular weight is 279 g/mol. The highest BCUT2D eigenvalue weighted by Crippen LogP contribution is 2.16. The average Bonchev–Trinajstić information content (AvgIpc) is 2.27. The maximum Gasteiger partial charge on any atom is 0.158 e. The van der Waals surface area contributed by atoms with Crippen LogP contribution in [-0.2, 0) is 21.3 Å². The summed E-state index contributed by atoms with van der Waals surface area (Å²) in [6.07, 6.45) is 0. The van der Waals surface area contributed by atoms with Gasteiger partial charge in [-0.1, -0.05) is 30.3 Å². The predicted octanol–water partition coefficient (Wildman–Crippen LogP) is 2.52. The zero-order valence-corrected chi connectivity index (χ0v) is 11.0. The van der Waals surface area contributed by atoms with E-state index in [1.807, 2.05) is 6.07 Å². The molecule has 2 rings (SSSR count). The fraction of sp³-hybridized carbons (Fsp3) is 0.143. The number of hydrogen-bond donors (Lipinski definition) is 1. The van der Waals surface area contributed by atoms with Gasteiger partial charge in [0.15, 0.2) is 9.84 Å². The van der Waals surface area contributed by atoms with Gasteiger partial charge in [0.1, 0.15) is 5.82 Å². The van der Waals surface area contributed by atoms with Gasteiger partial charge in [0.05, 0.1) is 11.5 Å². The largest absolute Gasteiger partial charge is 0.399 e. The molecule has 2 N–H and O–H groups in total. The number of rotatable bonds is 4. The second-order valence-electron chi connectivity index (χ2n) is 4.41. The van der Waals surface area contributed by atoms with E-state index in [1.165, 1.54) is 12.1 Å². The van der Waals surface area contributed by atoms with Gasteiger partial charge in [-0.2, -0.15) is 0 Å². The smallest absolute Gasteiger partial charge is 0.158 e. The van der Waals surface area contributed by atoms with Crippen LogP contribution in [0.5, 0.6) is 0 Å². The summed E-state index contributed by atoms with van der Waals surface area (Å²) in [6.45, 7) is 0. The third-order valence-corrected chi connectivity index (χ3v) is 4.14. The molecule has 0 aliphatic carbocycles. The van der Waals surface area contributed by atoms with E-state index in [9.17, 15) is 12.8 Å². The number of nitrogen functional groups attached to an aromatic ring is 1. The lowest BCUT2D eigenvalue weighted by atomic mass is 10.2. The van der Waals surface area contributed by atoms with Crippen LogP contribution in [0.1, 0.15) is 11.1 Å². The highest BCUT2D eigenvalue weighted by Gasteiger charge is 2.14. The summed E-state index contributed by atoms with van der Waals surface area (Å²) in [5.41, 5.74) is 6.81. The Kier molecular flexibility index (Phi) is 3.85. The Morgan fingerprint density at radius 3 is 2.21 bits per heavy atom. The molecule has 0 saturated heterocycles. The van der Waals surface area contributed by atoms with Crippen molar-refractivity contribution in [3.63, 3.8) is 0 Å².